The lowest BCUT2D eigenvalue weighted by molar-refractivity contribution is 0.0709. The molecule has 0 N–H and O–H groups in total. The molecule has 0 bridgehead atoms. The fourth-order valence-corrected chi connectivity index (χ4v) is 8.09. The normalized spacial score (nSPS) is 13.6. The number of methoxy groups -OCH3 is 2. The van der Waals surface area contributed by atoms with E-state index >= 15 is 0 Å². The summed E-state index contributed by atoms with van der Waals surface area (Å²) < 4.78 is 62.0. The van der Waals surface area contributed by atoms with Crippen LogP contribution in [-0.4, -0.2) is 55.8 Å². The van der Waals surface area contributed by atoms with E-state index < -0.39 is 10.0 Å². The minimum atomic E-state index is -4.33. The molecular formula is C41H42FN3O6S. The number of ether oxygens (including phenoxy) is 3. The van der Waals surface area contributed by atoms with Crippen LogP contribution in [0.3, 0.4) is 0 Å². The Morgan fingerprint density at radius 1 is 0.827 bits per heavy atom. The number of pyridine rings is 1. The number of nitrogens with zero attached hydrogens (tertiary/aromatic N) is 3. The first-order chi connectivity index (χ1) is 25.1. The Morgan fingerprint density at radius 3 is 1.94 bits per heavy atom. The fraction of sp³-hybridized carbons (Fsp3) is 0.268. The van der Waals surface area contributed by atoms with Gasteiger partial charge in [0.15, 0.2) is 5.03 Å². The van der Waals surface area contributed by atoms with Crippen molar-refractivity contribution in [1.82, 2.24) is 14.2 Å². The Morgan fingerprint density at radius 2 is 1.38 bits per heavy atom. The number of halogens is 1. The van der Waals surface area contributed by atoms with Gasteiger partial charge < -0.3 is 19.1 Å². The van der Waals surface area contributed by atoms with Crippen molar-refractivity contribution < 1.29 is 31.8 Å². The van der Waals surface area contributed by atoms with Crippen molar-refractivity contribution in [2.75, 3.05) is 27.3 Å². The van der Waals surface area contributed by atoms with Crippen LogP contribution in [0.25, 0.3) is 0 Å². The summed E-state index contributed by atoms with van der Waals surface area (Å²) in [6.45, 7) is 4.46. The van der Waals surface area contributed by atoms with E-state index in [-0.39, 0.29) is 52.6 Å². The molecule has 0 aliphatic carbocycles. The molecule has 1 aromatic heterocycles. The van der Waals surface area contributed by atoms with Gasteiger partial charge in [-0.25, -0.2) is 17.8 Å². The maximum absolute atomic E-state index is 14.8. The molecule has 6 rings (SSSR count). The number of carbonyl (C=O) groups is 1. The summed E-state index contributed by atoms with van der Waals surface area (Å²) in [5.74, 6) is 1.26. The Balaban J connectivity index is 1.38. The number of hydrogen-bond acceptors (Lipinski definition) is 7. The highest BCUT2D eigenvalue weighted by atomic mass is 32.2. The van der Waals surface area contributed by atoms with Crippen LogP contribution in [0, 0.1) is 19.7 Å². The van der Waals surface area contributed by atoms with E-state index in [4.69, 9.17) is 14.2 Å². The van der Waals surface area contributed by atoms with E-state index in [2.05, 4.69) is 4.98 Å². The molecule has 1 amide bonds. The van der Waals surface area contributed by atoms with Gasteiger partial charge in [-0.1, -0.05) is 66.2 Å². The average Bonchev–Trinajstić information content (AvgIpc) is 3.16. The van der Waals surface area contributed by atoms with Gasteiger partial charge in [-0.3, -0.25) is 4.79 Å². The van der Waals surface area contributed by atoms with Crippen LogP contribution in [-0.2, 0) is 23.1 Å². The van der Waals surface area contributed by atoms with Crippen LogP contribution in [0.2, 0.25) is 0 Å². The van der Waals surface area contributed by atoms with Gasteiger partial charge in [-0.15, -0.1) is 0 Å². The summed E-state index contributed by atoms with van der Waals surface area (Å²) in [6, 6.07) is 28.3. The molecule has 52 heavy (non-hydrogen) atoms. The molecule has 9 nitrogen and oxygen atoms in total. The third kappa shape index (κ3) is 7.95. The monoisotopic (exact) mass is 723 g/mol. The number of hydrogen-bond donors (Lipinski definition) is 0. The fourth-order valence-electron chi connectivity index (χ4n) is 6.56. The summed E-state index contributed by atoms with van der Waals surface area (Å²) in [4.78, 5) is 20.4. The first kappa shape index (κ1) is 36.5. The molecule has 0 radical (unpaired) electrons. The molecular weight excluding hydrogens is 682 g/mol. The Kier molecular flexibility index (Phi) is 11.2. The van der Waals surface area contributed by atoms with Gasteiger partial charge >= 0.3 is 0 Å². The molecule has 1 fully saturated rings. The second kappa shape index (κ2) is 16.0. The first-order valence-corrected chi connectivity index (χ1v) is 18.6. The molecule has 0 atom stereocenters. The van der Waals surface area contributed by atoms with Crippen molar-refractivity contribution in [2.45, 2.75) is 50.7 Å². The lowest BCUT2D eigenvalue weighted by Crippen LogP contribution is -2.38. The summed E-state index contributed by atoms with van der Waals surface area (Å²) >= 11 is 0. The van der Waals surface area contributed by atoms with Crippen molar-refractivity contribution in [3.05, 3.63) is 142 Å². The van der Waals surface area contributed by atoms with Gasteiger partial charge in [-0.2, -0.15) is 4.31 Å². The van der Waals surface area contributed by atoms with Crippen LogP contribution < -0.4 is 14.2 Å². The summed E-state index contributed by atoms with van der Waals surface area (Å²) in [5.41, 5.74) is 3.75. The molecule has 0 saturated carbocycles. The van der Waals surface area contributed by atoms with Crippen molar-refractivity contribution >= 4 is 15.9 Å². The third-order valence-electron chi connectivity index (χ3n) is 9.47. The van der Waals surface area contributed by atoms with Crippen molar-refractivity contribution in [2.24, 2.45) is 0 Å². The molecule has 0 spiro atoms. The zero-order valence-electron chi connectivity index (χ0n) is 29.7. The largest absolute Gasteiger partial charge is 0.496 e. The number of aromatic nitrogens is 1. The van der Waals surface area contributed by atoms with Crippen molar-refractivity contribution in [1.29, 1.82) is 0 Å². The minimum Gasteiger partial charge on any atom is -0.496 e. The van der Waals surface area contributed by atoms with Gasteiger partial charge in [0, 0.05) is 49.1 Å². The van der Waals surface area contributed by atoms with Gasteiger partial charge in [0.1, 0.15) is 34.4 Å². The van der Waals surface area contributed by atoms with E-state index in [1.54, 1.807) is 62.4 Å². The predicted octanol–water partition coefficient (Wildman–Crippen LogP) is 8.06. The molecule has 0 unspecified atom stereocenters. The SMILES string of the molecule is COc1ccccc1CN(Cc1ccccc1OC)S(=O)(=O)c1ncc(C(=O)N2CCC(c3ccc(F)cc3)CC2)c(Oc2ccc(C)cc2)c1C. The molecule has 4 aromatic carbocycles. The van der Waals surface area contributed by atoms with Gasteiger partial charge in [0.25, 0.3) is 15.9 Å². The predicted molar refractivity (Wildman–Crippen MR) is 197 cm³/mol. The Labute approximate surface area is 304 Å². The molecule has 270 valence electrons. The summed E-state index contributed by atoms with van der Waals surface area (Å²) in [6.07, 6.45) is 2.71. The van der Waals surface area contributed by atoms with E-state index in [0.29, 0.717) is 54.3 Å². The zero-order valence-corrected chi connectivity index (χ0v) is 30.5. The molecule has 1 aliphatic heterocycles. The zero-order chi connectivity index (χ0) is 36.8. The molecule has 1 saturated heterocycles. The second-order valence-electron chi connectivity index (χ2n) is 12.9. The lowest BCUT2D eigenvalue weighted by Gasteiger charge is -2.33. The molecule has 1 aliphatic rings. The van der Waals surface area contributed by atoms with Gasteiger partial charge in [-0.05, 0) is 74.6 Å². The van der Waals surface area contributed by atoms with Crippen LogP contribution in [0.15, 0.2) is 108 Å². The highest BCUT2D eigenvalue weighted by Crippen LogP contribution is 2.37. The Hall–Kier alpha value is -5.26. The number of para-hydroxylation sites is 2. The van der Waals surface area contributed by atoms with E-state index in [1.807, 2.05) is 55.5 Å². The lowest BCUT2D eigenvalue weighted by atomic mass is 9.89. The van der Waals surface area contributed by atoms with Gasteiger partial charge in [0.05, 0.1) is 14.2 Å². The van der Waals surface area contributed by atoms with Crippen LogP contribution in [0.4, 0.5) is 4.39 Å². The summed E-state index contributed by atoms with van der Waals surface area (Å²) in [7, 11) is -1.25. The number of aryl methyl sites for hydroxylation is 1. The van der Waals surface area contributed by atoms with Crippen molar-refractivity contribution in [3.8, 4) is 23.0 Å². The van der Waals surface area contributed by atoms with Crippen LogP contribution >= 0.6 is 0 Å². The maximum atomic E-state index is 14.8. The highest BCUT2D eigenvalue weighted by Gasteiger charge is 2.34. The number of rotatable bonds is 12. The number of sulfonamides is 1. The van der Waals surface area contributed by atoms with Crippen LogP contribution in [0.5, 0.6) is 23.0 Å². The highest BCUT2D eigenvalue weighted by molar-refractivity contribution is 7.89. The molecule has 2 heterocycles. The smallest absolute Gasteiger partial charge is 0.261 e. The Bertz CT molecular complexity index is 2080. The van der Waals surface area contributed by atoms with E-state index in [9.17, 15) is 17.6 Å². The molecule has 5 aromatic rings. The first-order valence-electron chi connectivity index (χ1n) is 17.1. The number of amides is 1. The van der Waals surface area contributed by atoms with E-state index in [0.717, 1.165) is 11.1 Å². The number of piperidine rings is 1. The van der Waals surface area contributed by atoms with E-state index in [1.165, 1.54) is 22.6 Å². The minimum absolute atomic E-state index is 0.0245. The topological polar surface area (TPSA) is 98.3 Å². The second-order valence-corrected chi connectivity index (χ2v) is 14.7. The van der Waals surface area contributed by atoms with Gasteiger partial charge in [0.2, 0.25) is 0 Å². The quantitative estimate of drug-likeness (QED) is 0.129. The summed E-state index contributed by atoms with van der Waals surface area (Å²) in [5, 5.41) is -0.231. The van der Waals surface area contributed by atoms with Crippen LogP contribution in [0.1, 0.15) is 56.9 Å². The molecule has 11 heteroatoms. The average molecular weight is 724 g/mol. The maximum Gasteiger partial charge on any atom is 0.261 e. The van der Waals surface area contributed by atoms with Crippen molar-refractivity contribution in [3.63, 3.8) is 0 Å². The number of likely N-dealkylation sites (tertiary alicyclic amines) is 1. The standard InChI is InChI=1S/C41H42FN3O6S/c1-28-13-19-35(20-14-28)51-39-29(2)40(43-25-36(39)41(46)44-23-21-31(22-24-44)30-15-17-34(42)18-16-30)52(47,48)45(26-32-9-5-7-11-37(32)49-3)27-33-10-6-8-12-38(33)50-4/h5-20,25,31H,21-24,26-27H2,1-4H3. The third-order valence-corrected chi connectivity index (χ3v) is 11.3. The number of carbonyl (C=O) groups excluding carboxylic acids is 1. The number of benzene rings is 4.